The minimum absolute atomic E-state index is 1.14. The molecule has 0 aromatic carbocycles. The highest BCUT2D eigenvalue weighted by molar-refractivity contribution is 5.13. The van der Waals surface area contributed by atoms with Gasteiger partial charge >= 0.3 is 0 Å². The molecule has 0 radical (unpaired) electrons. The summed E-state index contributed by atoms with van der Waals surface area (Å²) in [4.78, 5) is 2.41. The highest BCUT2D eigenvalue weighted by atomic mass is 15.1. The van der Waals surface area contributed by atoms with Crippen molar-refractivity contribution in [3.8, 4) is 0 Å². The first-order valence-electron chi connectivity index (χ1n) is 4.59. The molecular weight excluding hydrogens is 134 g/mol. The van der Waals surface area contributed by atoms with Crippen LogP contribution < -0.4 is 0 Å². The number of hydrogen-bond acceptors (Lipinski definition) is 1. The molecule has 0 amide bonds. The molecule has 0 N–H and O–H groups in total. The van der Waals surface area contributed by atoms with E-state index in [1.165, 1.54) is 32.2 Å². The van der Waals surface area contributed by atoms with Crippen molar-refractivity contribution < 1.29 is 0 Å². The fourth-order valence-electron chi connectivity index (χ4n) is 1.83. The lowest BCUT2D eigenvalue weighted by Crippen LogP contribution is -2.17. The highest BCUT2D eigenvalue weighted by Crippen LogP contribution is 2.23. The molecule has 60 valence electrons. The van der Waals surface area contributed by atoms with Gasteiger partial charge in [0.2, 0.25) is 0 Å². The number of nitrogens with zero attached hydrogens (tertiary/aromatic N) is 1. The topological polar surface area (TPSA) is 3.24 Å². The van der Waals surface area contributed by atoms with Crippen LogP contribution in [0.25, 0.3) is 0 Å². The van der Waals surface area contributed by atoms with Crippen LogP contribution in [0.4, 0.5) is 0 Å². The lowest BCUT2D eigenvalue weighted by atomic mass is 10.1. The van der Waals surface area contributed by atoms with E-state index in [2.05, 4.69) is 23.3 Å². The fraction of sp³-hybridized carbons (Fsp3) is 0.600. The van der Waals surface area contributed by atoms with Gasteiger partial charge in [0.1, 0.15) is 0 Å². The zero-order valence-corrected chi connectivity index (χ0v) is 6.92. The molecule has 0 aromatic heterocycles. The molecule has 11 heavy (non-hydrogen) atoms. The van der Waals surface area contributed by atoms with Crippen LogP contribution in [0.1, 0.15) is 32.1 Å². The maximum Gasteiger partial charge on any atom is 0.0221 e. The third-order valence-corrected chi connectivity index (χ3v) is 2.48. The van der Waals surface area contributed by atoms with Crippen LogP contribution in [0.5, 0.6) is 0 Å². The molecule has 0 saturated carbocycles. The maximum absolute atomic E-state index is 2.41. The number of rotatable bonds is 0. The van der Waals surface area contributed by atoms with E-state index < -0.39 is 0 Å². The van der Waals surface area contributed by atoms with Gasteiger partial charge in [-0.15, -0.1) is 0 Å². The van der Waals surface area contributed by atoms with Crippen molar-refractivity contribution in [2.45, 2.75) is 32.1 Å². The molecule has 0 aromatic rings. The summed E-state index contributed by atoms with van der Waals surface area (Å²) in [5, 5.41) is 0. The van der Waals surface area contributed by atoms with Crippen LogP contribution in [-0.4, -0.2) is 11.4 Å². The van der Waals surface area contributed by atoms with Crippen LogP contribution in [0.15, 0.2) is 24.0 Å². The summed E-state index contributed by atoms with van der Waals surface area (Å²) < 4.78 is 0. The van der Waals surface area contributed by atoms with Gasteiger partial charge in [-0.2, -0.15) is 0 Å². The molecule has 0 bridgehead atoms. The van der Waals surface area contributed by atoms with E-state index in [0.29, 0.717) is 0 Å². The summed E-state index contributed by atoms with van der Waals surface area (Å²) >= 11 is 0. The van der Waals surface area contributed by atoms with Crippen molar-refractivity contribution in [1.82, 2.24) is 4.90 Å². The molecule has 0 unspecified atom stereocenters. The molecule has 2 aliphatic rings. The van der Waals surface area contributed by atoms with Gasteiger partial charge in [0.05, 0.1) is 0 Å². The summed E-state index contributed by atoms with van der Waals surface area (Å²) in [5.74, 6) is 0. The lowest BCUT2D eigenvalue weighted by molar-refractivity contribution is 0.454. The van der Waals surface area contributed by atoms with Crippen LogP contribution in [-0.2, 0) is 0 Å². The van der Waals surface area contributed by atoms with Crippen molar-refractivity contribution in [3.63, 3.8) is 0 Å². The van der Waals surface area contributed by atoms with Gasteiger partial charge in [0, 0.05) is 18.4 Å². The predicted octanol–water partition coefficient (Wildman–Crippen LogP) is 2.66. The van der Waals surface area contributed by atoms with Crippen LogP contribution >= 0.6 is 0 Å². The maximum atomic E-state index is 2.41. The molecule has 0 aliphatic carbocycles. The van der Waals surface area contributed by atoms with E-state index in [9.17, 15) is 0 Å². The van der Waals surface area contributed by atoms with Crippen LogP contribution in [0.2, 0.25) is 0 Å². The predicted molar refractivity (Wildman–Crippen MR) is 47.0 cm³/mol. The summed E-state index contributed by atoms with van der Waals surface area (Å²) in [6.45, 7) is 1.24. The second kappa shape index (κ2) is 3.12. The minimum Gasteiger partial charge on any atom is -0.352 e. The SMILES string of the molecule is C1=CN2CCCCCC2=CC1. The van der Waals surface area contributed by atoms with E-state index in [-0.39, 0.29) is 0 Å². The zero-order valence-electron chi connectivity index (χ0n) is 6.92. The van der Waals surface area contributed by atoms with E-state index >= 15 is 0 Å². The van der Waals surface area contributed by atoms with Crippen molar-refractivity contribution in [3.05, 3.63) is 24.0 Å². The van der Waals surface area contributed by atoms with Gasteiger partial charge in [0.15, 0.2) is 0 Å². The molecule has 1 heteroatoms. The molecule has 2 rings (SSSR count). The Labute approximate surface area is 68.4 Å². The van der Waals surface area contributed by atoms with E-state index in [0.717, 1.165) is 6.42 Å². The third kappa shape index (κ3) is 1.47. The van der Waals surface area contributed by atoms with Gasteiger partial charge in [0.25, 0.3) is 0 Å². The van der Waals surface area contributed by atoms with Crippen molar-refractivity contribution in [2.24, 2.45) is 0 Å². The average molecular weight is 149 g/mol. The van der Waals surface area contributed by atoms with Gasteiger partial charge in [-0.1, -0.05) is 18.6 Å². The monoisotopic (exact) mass is 149 g/mol. The van der Waals surface area contributed by atoms with Crippen LogP contribution in [0.3, 0.4) is 0 Å². The second-order valence-corrected chi connectivity index (χ2v) is 3.32. The number of allylic oxidation sites excluding steroid dienone is 3. The third-order valence-electron chi connectivity index (χ3n) is 2.48. The first-order chi connectivity index (χ1) is 5.47. The summed E-state index contributed by atoms with van der Waals surface area (Å²) in [7, 11) is 0. The van der Waals surface area contributed by atoms with Crippen molar-refractivity contribution in [2.75, 3.05) is 6.54 Å². The van der Waals surface area contributed by atoms with Crippen molar-refractivity contribution >= 4 is 0 Å². The quantitative estimate of drug-likeness (QED) is 0.512. The zero-order chi connectivity index (χ0) is 7.52. The van der Waals surface area contributed by atoms with Crippen LogP contribution in [0, 0.1) is 0 Å². The molecule has 1 saturated heterocycles. The molecule has 2 aliphatic heterocycles. The summed E-state index contributed by atoms with van der Waals surface area (Å²) in [6, 6.07) is 0. The Morgan fingerprint density at radius 1 is 1.18 bits per heavy atom. The highest BCUT2D eigenvalue weighted by Gasteiger charge is 2.11. The molecule has 1 fully saturated rings. The smallest absolute Gasteiger partial charge is 0.0221 e. The minimum atomic E-state index is 1.14. The molecular formula is C10H15N. The van der Waals surface area contributed by atoms with E-state index in [4.69, 9.17) is 0 Å². The summed E-state index contributed by atoms with van der Waals surface area (Å²) in [5.41, 5.74) is 1.56. The number of hydrogen-bond donors (Lipinski definition) is 0. The molecule has 0 atom stereocenters. The molecule has 1 nitrogen and oxygen atoms in total. The Morgan fingerprint density at radius 3 is 3.18 bits per heavy atom. The Bertz CT molecular complexity index is 191. The summed E-state index contributed by atoms with van der Waals surface area (Å²) in [6.07, 6.45) is 13.5. The Balaban J connectivity index is 2.11. The second-order valence-electron chi connectivity index (χ2n) is 3.32. The van der Waals surface area contributed by atoms with Crippen molar-refractivity contribution in [1.29, 1.82) is 0 Å². The Hall–Kier alpha value is -0.720. The molecule has 2 heterocycles. The first-order valence-corrected chi connectivity index (χ1v) is 4.59. The molecule has 0 spiro atoms. The first kappa shape index (κ1) is 6.96. The van der Waals surface area contributed by atoms with Gasteiger partial charge < -0.3 is 4.90 Å². The Kier molecular flexibility index (Phi) is 1.97. The number of fused-ring (bicyclic) bond motifs is 1. The Morgan fingerprint density at radius 2 is 2.18 bits per heavy atom. The van der Waals surface area contributed by atoms with Gasteiger partial charge in [-0.25, -0.2) is 0 Å². The standard InChI is InChI=1S/C10H15N/c1-2-6-10-7-3-5-9-11(10)8-4-1/h5,7,9H,1-4,6,8H2. The van der Waals surface area contributed by atoms with Gasteiger partial charge in [-0.3, -0.25) is 0 Å². The average Bonchev–Trinajstić information content (AvgIpc) is 2.28. The van der Waals surface area contributed by atoms with E-state index in [1.54, 1.807) is 5.70 Å². The van der Waals surface area contributed by atoms with Gasteiger partial charge in [-0.05, 0) is 25.7 Å². The normalized spacial score (nSPS) is 24.0. The largest absolute Gasteiger partial charge is 0.352 e. The lowest BCUT2D eigenvalue weighted by Gasteiger charge is -2.23. The van der Waals surface area contributed by atoms with E-state index in [1.807, 2.05) is 0 Å². The fourth-order valence-corrected chi connectivity index (χ4v) is 1.83.